The van der Waals surface area contributed by atoms with E-state index in [1.54, 1.807) is 18.7 Å². The minimum atomic E-state index is -0.235. The Morgan fingerprint density at radius 1 is 1.11 bits per heavy atom. The fourth-order valence-corrected chi connectivity index (χ4v) is 2.11. The molecule has 96 valence electrons. The van der Waals surface area contributed by atoms with E-state index in [9.17, 15) is 0 Å². The van der Waals surface area contributed by atoms with Gasteiger partial charge in [0.05, 0.1) is 10.9 Å². The van der Waals surface area contributed by atoms with E-state index in [4.69, 9.17) is 0 Å². The van der Waals surface area contributed by atoms with E-state index in [1.807, 2.05) is 24.4 Å². The van der Waals surface area contributed by atoms with Crippen molar-refractivity contribution in [3.8, 4) is 0 Å². The van der Waals surface area contributed by atoms with Crippen molar-refractivity contribution in [1.29, 1.82) is 0 Å². The standard InChI is InChI=1S/C14H15N5/c1-14(2,10-3-6-15-7-4-10)19-13-11-5-8-16-12(11)17-9-18-13/h3-9H,1-2H3,(H2,16,17,18,19). The third kappa shape index (κ3) is 2.14. The van der Waals surface area contributed by atoms with E-state index in [1.165, 1.54) is 0 Å². The van der Waals surface area contributed by atoms with Gasteiger partial charge in [-0.05, 0) is 37.6 Å². The molecule has 0 radical (unpaired) electrons. The predicted octanol–water partition coefficient (Wildman–Crippen LogP) is 2.70. The van der Waals surface area contributed by atoms with E-state index in [-0.39, 0.29) is 5.54 Å². The molecule has 0 amide bonds. The number of H-pyrrole nitrogens is 1. The van der Waals surface area contributed by atoms with Gasteiger partial charge in [-0.2, -0.15) is 0 Å². The summed E-state index contributed by atoms with van der Waals surface area (Å²) in [6.45, 7) is 4.23. The van der Waals surface area contributed by atoms with E-state index in [0.29, 0.717) is 0 Å². The molecular weight excluding hydrogens is 238 g/mol. The van der Waals surface area contributed by atoms with Crippen LogP contribution in [-0.4, -0.2) is 19.9 Å². The highest BCUT2D eigenvalue weighted by Gasteiger charge is 2.21. The second kappa shape index (κ2) is 4.35. The second-order valence-corrected chi connectivity index (χ2v) is 4.95. The molecule has 0 atom stereocenters. The number of hydrogen-bond donors (Lipinski definition) is 2. The van der Waals surface area contributed by atoms with Crippen LogP contribution in [0.15, 0.2) is 43.1 Å². The van der Waals surface area contributed by atoms with E-state index >= 15 is 0 Å². The summed E-state index contributed by atoms with van der Waals surface area (Å²) in [6, 6.07) is 5.98. The number of aromatic amines is 1. The third-order valence-corrected chi connectivity index (χ3v) is 3.19. The molecule has 5 nitrogen and oxygen atoms in total. The lowest BCUT2D eigenvalue weighted by Gasteiger charge is -2.27. The average molecular weight is 253 g/mol. The maximum absolute atomic E-state index is 4.33. The molecule has 3 aromatic heterocycles. The van der Waals surface area contributed by atoms with Gasteiger partial charge < -0.3 is 10.3 Å². The molecule has 3 heterocycles. The largest absolute Gasteiger partial charge is 0.360 e. The zero-order valence-electron chi connectivity index (χ0n) is 10.9. The molecule has 0 aromatic carbocycles. The number of aromatic nitrogens is 4. The highest BCUT2D eigenvalue weighted by Crippen LogP contribution is 2.27. The van der Waals surface area contributed by atoms with Crippen LogP contribution in [0.25, 0.3) is 11.0 Å². The van der Waals surface area contributed by atoms with E-state index < -0.39 is 0 Å². The van der Waals surface area contributed by atoms with Crippen LogP contribution in [0, 0.1) is 0 Å². The number of nitrogens with zero attached hydrogens (tertiary/aromatic N) is 3. The molecule has 19 heavy (non-hydrogen) atoms. The Kier molecular flexibility index (Phi) is 2.67. The number of rotatable bonds is 3. The first-order valence-electron chi connectivity index (χ1n) is 6.13. The van der Waals surface area contributed by atoms with Crippen molar-refractivity contribution in [3.05, 3.63) is 48.7 Å². The molecule has 0 aliphatic rings. The first-order valence-corrected chi connectivity index (χ1v) is 6.13. The van der Waals surface area contributed by atoms with Crippen molar-refractivity contribution in [3.63, 3.8) is 0 Å². The van der Waals surface area contributed by atoms with Gasteiger partial charge in [0.1, 0.15) is 17.8 Å². The molecular formula is C14H15N5. The molecule has 0 saturated carbocycles. The number of anilines is 1. The van der Waals surface area contributed by atoms with E-state index in [0.717, 1.165) is 22.4 Å². The summed E-state index contributed by atoms with van der Waals surface area (Å²) in [7, 11) is 0. The van der Waals surface area contributed by atoms with Crippen molar-refractivity contribution in [1.82, 2.24) is 19.9 Å². The Bertz CT molecular complexity index is 687. The molecule has 0 fully saturated rings. The summed E-state index contributed by atoms with van der Waals surface area (Å²) in [6.07, 6.45) is 7.02. The van der Waals surface area contributed by atoms with E-state index in [2.05, 4.69) is 39.1 Å². The fraction of sp³-hybridized carbons (Fsp3) is 0.214. The Morgan fingerprint density at radius 3 is 2.68 bits per heavy atom. The SMILES string of the molecule is CC(C)(Nc1ncnc2[nH]ccc12)c1ccncc1. The lowest BCUT2D eigenvalue weighted by Crippen LogP contribution is -2.28. The summed E-state index contributed by atoms with van der Waals surface area (Å²) in [4.78, 5) is 15.7. The zero-order valence-corrected chi connectivity index (χ0v) is 10.9. The van der Waals surface area contributed by atoms with Gasteiger partial charge in [-0.15, -0.1) is 0 Å². The van der Waals surface area contributed by atoms with Crippen LogP contribution in [-0.2, 0) is 5.54 Å². The lowest BCUT2D eigenvalue weighted by atomic mass is 9.95. The van der Waals surface area contributed by atoms with Crippen LogP contribution in [0.1, 0.15) is 19.4 Å². The van der Waals surface area contributed by atoms with Gasteiger partial charge in [0, 0.05) is 18.6 Å². The molecule has 0 saturated heterocycles. The molecule has 2 N–H and O–H groups in total. The van der Waals surface area contributed by atoms with Gasteiger partial charge in [-0.1, -0.05) is 0 Å². The third-order valence-electron chi connectivity index (χ3n) is 3.19. The molecule has 0 unspecified atom stereocenters. The maximum atomic E-state index is 4.33. The summed E-state index contributed by atoms with van der Waals surface area (Å²) >= 11 is 0. The van der Waals surface area contributed by atoms with Crippen LogP contribution in [0.2, 0.25) is 0 Å². The molecule has 5 heteroatoms. The van der Waals surface area contributed by atoms with Crippen LogP contribution < -0.4 is 5.32 Å². The van der Waals surface area contributed by atoms with Crippen molar-refractivity contribution >= 4 is 16.9 Å². The molecule has 0 aliphatic carbocycles. The Hall–Kier alpha value is -2.43. The normalized spacial score (nSPS) is 11.7. The number of hydrogen-bond acceptors (Lipinski definition) is 4. The average Bonchev–Trinajstić information content (AvgIpc) is 2.89. The first kappa shape index (κ1) is 11.6. The minimum absolute atomic E-state index is 0.235. The van der Waals surface area contributed by atoms with Gasteiger partial charge in [-0.3, -0.25) is 4.98 Å². The van der Waals surface area contributed by atoms with Crippen molar-refractivity contribution < 1.29 is 0 Å². The van der Waals surface area contributed by atoms with Crippen LogP contribution in [0.5, 0.6) is 0 Å². The number of fused-ring (bicyclic) bond motifs is 1. The maximum Gasteiger partial charge on any atom is 0.142 e. The fourth-order valence-electron chi connectivity index (χ4n) is 2.11. The van der Waals surface area contributed by atoms with Gasteiger partial charge in [0.2, 0.25) is 0 Å². The molecule has 0 aliphatic heterocycles. The number of nitrogens with one attached hydrogen (secondary N) is 2. The van der Waals surface area contributed by atoms with Crippen LogP contribution in [0.4, 0.5) is 5.82 Å². The van der Waals surface area contributed by atoms with Gasteiger partial charge in [0.15, 0.2) is 0 Å². The van der Waals surface area contributed by atoms with Crippen molar-refractivity contribution in [2.45, 2.75) is 19.4 Å². The van der Waals surface area contributed by atoms with Crippen LogP contribution >= 0.6 is 0 Å². The second-order valence-electron chi connectivity index (χ2n) is 4.95. The highest BCUT2D eigenvalue weighted by atomic mass is 15.1. The molecule has 3 rings (SSSR count). The first-order chi connectivity index (χ1) is 9.17. The topological polar surface area (TPSA) is 66.5 Å². The summed E-state index contributed by atoms with van der Waals surface area (Å²) in [5.41, 5.74) is 1.76. The summed E-state index contributed by atoms with van der Waals surface area (Å²) in [5.74, 6) is 0.827. The van der Waals surface area contributed by atoms with Crippen molar-refractivity contribution in [2.24, 2.45) is 0 Å². The Morgan fingerprint density at radius 2 is 1.89 bits per heavy atom. The predicted molar refractivity (Wildman–Crippen MR) is 74.8 cm³/mol. The van der Waals surface area contributed by atoms with Crippen molar-refractivity contribution in [2.75, 3.05) is 5.32 Å². The summed E-state index contributed by atoms with van der Waals surface area (Å²) < 4.78 is 0. The Labute approximate surface area is 111 Å². The molecule has 3 aromatic rings. The zero-order chi connectivity index (χ0) is 13.3. The lowest BCUT2D eigenvalue weighted by molar-refractivity contribution is 0.606. The highest BCUT2D eigenvalue weighted by molar-refractivity contribution is 5.86. The number of pyridine rings is 1. The Balaban J connectivity index is 1.98. The molecule has 0 bridgehead atoms. The quantitative estimate of drug-likeness (QED) is 0.753. The van der Waals surface area contributed by atoms with Crippen LogP contribution in [0.3, 0.4) is 0 Å². The monoisotopic (exact) mass is 253 g/mol. The van der Waals surface area contributed by atoms with Gasteiger partial charge >= 0.3 is 0 Å². The van der Waals surface area contributed by atoms with Gasteiger partial charge in [-0.25, -0.2) is 9.97 Å². The molecule has 0 spiro atoms. The summed E-state index contributed by atoms with van der Waals surface area (Å²) in [5, 5.41) is 4.46. The smallest absolute Gasteiger partial charge is 0.142 e. The minimum Gasteiger partial charge on any atom is -0.360 e. The van der Waals surface area contributed by atoms with Gasteiger partial charge in [0.25, 0.3) is 0 Å².